The van der Waals surface area contributed by atoms with Crippen LogP contribution in [0.5, 0.6) is 0 Å². The van der Waals surface area contributed by atoms with E-state index in [1.165, 1.54) is 0 Å². The second-order valence-corrected chi connectivity index (χ2v) is 8.06. The van der Waals surface area contributed by atoms with Crippen LogP contribution < -0.4 is 10.6 Å². The average Bonchev–Trinajstić information content (AvgIpc) is 3.39. The molecule has 1 aliphatic rings. The molecule has 0 heterocycles. The van der Waals surface area contributed by atoms with E-state index in [2.05, 4.69) is 24.5 Å². The molecule has 0 aliphatic heterocycles. The van der Waals surface area contributed by atoms with E-state index in [1.807, 2.05) is 24.3 Å². The highest BCUT2D eigenvalue weighted by Gasteiger charge is 2.23. The first-order valence-electron chi connectivity index (χ1n) is 8.51. The summed E-state index contributed by atoms with van der Waals surface area (Å²) in [5, 5.41) is 6.26. The molecule has 1 aliphatic carbocycles. The van der Waals surface area contributed by atoms with Crippen LogP contribution in [0.2, 0.25) is 0 Å². The van der Waals surface area contributed by atoms with E-state index in [-0.39, 0.29) is 11.8 Å². The number of thioether (sulfide) groups is 1. The second-order valence-electron chi connectivity index (χ2n) is 6.44. The van der Waals surface area contributed by atoms with Gasteiger partial charge in [-0.15, -0.1) is 11.8 Å². The van der Waals surface area contributed by atoms with Gasteiger partial charge in [-0.3, -0.25) is 9.59 Å². The summed E-state index contributed by atoms with van der Waals surface area (Å²) in [4.78, 5) is 25.5. The van der Waals surface area contributed by atoms with Crippen molar-refractivity contribution in [1.82, 2.24) is 5.32 Å². The van der Waals surface area contributed by atoms with Gasteiger partial charge in [-0.1, -0.05) is 26.0 Å². The number of anilines is 1. The molecule has 4 nitrogen and oxygen atoms in total. The predicted molar refractivity (Wildman–Crippen MR) is 102 cm³/mol. The molecule has 0 atom stereocenters. The molecule has 1 saturated carbocycles. The lowest BCUT2D eigenvalue weighted by molar-refractivity contribution is 0.0950. The van der Waals surface area contributed by atoms with Crippen molar-refractivity contribution in [2.75, 3.05) is 5.32 Å². The monoisotopic (exact) mass is 354 g/mol. The minimum atomic E-state index is -0.140. The number of carbonyl (C=O) groups is 2. The second kappa shape index (κ2) is 7.74. The predicted octanol–water partition coefficient (Wildman–Crippen LogP) is 4.33. The van der Waals surface area contributed by atoms with Gasteiger partial charge in [0, 0.05) is 27.4 Å². The molecule has 2 aromatic carbocycles. The molecule has 0 saturated heterocycles. The number of hydrogen-bond donors (Lipinski definition) is 2. The minimum Gasteiger partial charge on any atom is -0.349 e. The molecule has 130 valence electrons. The third-order valence-electron chi connectivity index (χ3n) is 3.81. The Balaban J connectivity index is 1.67. The van der Waals surface area contributed by atoms with Gasteiger partial charge in [-0.25, -0.2) is 0 Å². The quantitative estimate of drug-likeness (QED) is 0.759. The van der Waals surface area contributed by atoms with Gasteiger partial charge in [0.1, 0.15) is 0 Å². The Labute approximate surface area is 152 Å². The van der Waals surface area contributed by atoms with Gasteiger partial charge >= 0.3 is 0 Å². The molecule has 5 heteroatoms. The normalized spacial score (nSPS) is 13.6. The van der Waals surface area contributed by atoms with Crippen LogP contribution in [0.1, 0.15) is 47.4 Å². The summed E-state index contributed by atoms with van der Waals surface area (Å²) in [7, 11) is 0. The molecule has 1 fully saturated rings. The first kappa shape index (κ1) is 17.5. The lowest BCUT2D eigenvalue weighted by Gasteiger charge is -2.12. The largest absolute Gasteiger partial charge is 0.349 e. The summed E-state index contributed by atoms with van der Waals surface area (Å²) < 4.78 is 0. The Hall–Kier alpha value is -2.27. The van der Waals surface area contributed by atoms with E-state index in [9.17, 15) is 9.59 Å². The standard InChI is InChI=1S/C20H22N2O2S/c1-13(2)25-18-6-4-3-5-17(18)20(24)22-15-9-7-14(8-10-15)19(23)21-16-11-12-16/h3-10,13,16H,11-12H2,1-2H3,(H,21,23)(H,22,24). The molecule has 0 bridgehead atoms. The molecular weight excluding hydrogens is 332 g/mol. The topological polar surface area (TPSA) is 58.2 Å². The fraction of sp³-hybridized carbons (Fsp3) is 0.300. The number of rotatable bonds is 6. The van der Waals surface area contributed by atoms with Gasteiger partial charge in [0.15, 0.2) is 0 Å². The van der Waals surface area contributed by atoms with Crippen molar-refractivity contribution in [1.29, 1.82) is 0 Å². The fourth-order valence-corrected chi connectivity index (χ4v) is 3.36. The smallest absolute Gasteiger partial charge is 0.256 e. The van der Waals surface area contributed by atoms with Crippen molar-refractivity contribution >= 4 is 29.3 Å². The lowest BCUT2D eigenvalue weighted by atomic mass is 10.1. The Morgan fingerprint density at radius 2 is 1.68 bits per heavy atom. The summed E-state index contributed by atoms with van der Waals surface area (Å²) in [6.07, 6.45) is 2.13. The Morgan fingerprint density at radius 1 is 1.00 bits per heavy atom. The first-order valence-corrected chi connectivity index (χ1v) is 9.39. The molecule has 25 heavy (non-hydrogen) atoms. The third kappa shape index (κ3) is 4.86. The molecule has 2 amide bonds. The molecule has 2 N–H and O–H groups in total. The van der Waals surface area contributed by atoms with Crippen LogP contribution in [0.15, 0.2) is 53.4 Å². The van der Waals surface area contributed by atoms with Crippen molar-refractivity contribution in [3.8, 4) is 0 Å². The molecule has 0 spiro atoms. The van der Waals surface area contributed by atoms with Gasteiger partial charge in [-0.05, 0) is 49.2 Å². The zero-order valence-electron chi connectivity index (χ0n) is 14.4. The number of hydrogen-bond acceptors (Lipinski definition) is 3. The highest BCUT2D eigenvalue weighted by Crippen LogP contribution is 2.27. The highest BCUT2D eigenvalue weighted by atomic mass is 32.2. The SMILES string of the molecule is CC(C)Sc1ccccc1C(=O)Nc1ccc(C(=O)NC2CC2)cc1. The maximum absolute atomic E-state index is 12.6. The Bertz CT molecular complexity index is 768. The van der Waals surface area contributed by atoms with Crippen molar-refractivity contribution in [2.24, 2.45) is 0 Å². The van der Waals surface area contributed by atoms with Crippen LogP contribution in [0.25, 0.3) is 0 Å². The van der Waals surface area contributed by atoms with E-state index in [1.54, 1.807) is 36.0 Å². The molecule has 2 aromatic rings. The zero-order valence-corrected chi connectivity index (χ0v) is 15.2. The number of amides is 2. The summed E-state index contributed by atoms with van der Waals surface area (Å²) >= 11 is 1.67. The van der Waals surface area contributed by atoms with E-state index in [0.717, 1.165) is 17.7 Å². The fourth-order valence-electron chi connectivity index (χ4n) is 2.41. The highest BCUT2D eigenvalue weighted by molar-refractivity contribution is 8.00. The summed E-state index contributed by atoms with van der Waals surface area (Å²) in [5.41, 5.74) is 1.95. The molecule has 0 unspecified atom stereocenters. The van der Waals surface area contributed by atoms with Crippen molar-refractivity contribution in [3.63, 3.8) is 0 Å². The summed E-state index contributed by atoms with van der Waals surface area (Å²) in [6.45, 7) is 4.20. The average molecular weight is 354 g/mol. The van der Waals surface area contributed by atoms with Crippen molar-refractivity contribution < 1.29 is 9.59 Å². The molecular formula is C20H22N2O2S. The van der Waals surface area contributed by atoms with Crippen LogP contribution in [-0.2, 0) is 0 Å². The van der Waals surface area contributed by atoms with Gasteiger partial charge in [-0.2, -0.15) is 0 Å². The summed E-state index contributed by atoms with van der Waals surface area (Å²) in [6, 6.07) is 14.9. The number of benzene rings is 2. The van der Waals surface area contributed by atoms with Crippen LogP contribution in [0.3, 0.4) is 0 Å². The third-order valence-corrected chi connectivity index (χ3v) is 4.89. The molecule has 3 rings (SSSR count). The number of nitrogens with one attached hydrogen (secondary N) is 2. The number of carbonyl (C=O) groups excluding carboxylic acids is 2. The van der Waals surface area contributed by atoms with Gasteiger partial charge in [0.25, 0.3) is 11.8 Å². The van der Waals surface area contributed by atoms with Crippen LogP contribution in [-0.4, -0.2) is 23.1 Å². The van der Waals surface area contributed by atoms with E-state index < -0.39 is 0 Å². The van der Waals surface area contributed by atoms with E-state index >= 15 is 0 Å². The first-order chi connectivity index (χ1) is 12.0. The maximum Gasteiger partial charge on any atom is 0.256 e. The van der Waals surface area contributed by atoms with Gasteiger partial charge in [0.2, 0.25) is 0 Å². The minimum absolute atomic E-state index is 0.0564. The Morgan fingerprint density at radius 3 is 2.32 bits per heavy atom. The van der Waals surface area contributed by atoms with Crippen LogP contribution in [0, 0.1) is 0 Å². The maximum atomic E-state index is 12.6. The lowest BCUT2D eigenvalue weighted by Crippen LogP contribution is -2.25. The van der Waals surface area contributed by atoms with E-state index in [4.69, 9.17) is 0 Å². The van der Waals surface area contributed by atoms with Crippen molar-refractivity contribution in [2.45, 2.75) is 42.9 Å². The van der Waals surface area contributed by atoms with E-state index in [0.29, 0.717) is 28.1 Å². The van der Waals surface area contributed by atoms with Gasteiger partial charge < -0.3 is 10.6 Å². The van der Waals surface area contributed by atoms with Crippen LogP contribution >= 0.6 is 11.8 Å². The molecule has 0 aromatic heterocycles. The molecule has 0 radical (unpaired) electrons. The van der Waals surface area contributed by atoms with Crippen LogP contribution in [0.4, 0.5) is 5.69 Å². The Kier molecular flexibility index (Phi) is 5.43. The zero-order chi connectivity index (χ0) is 17.8. The van der Waals surface area contributed by atoms with Crippen molar-refractivity contribution in [3.05, 3.63) is 59.7 Å². The summed E-state index contributed by atoms with van der Waals surface area (Å²) in [5.74, 6) is -0.196. The van der Waals surface area contributed by atoms with Gasteiger partial charge in [0.05, 0.1) is 5.56 Å².